The normalized spacial score (nSPS) is 18.4. The monoisotopic (exact) mass is 418 g/mol. The molecule has 2 fully saturated rings. The second kappa shape index (κ2) is 8.74. The molecule has 1 amide bonds. The van der Waals surface area contributed by atoms with E-state index in [4.69, 9.17) is 18.9 Å². The van der Waals surface area contributed by atoms with Crippen molar-refractivity contribution in [2.75, 3.05) is 38.2 Å². The van der Waals surface area contributed by atoms with Crippen molar-refractivity contribution in [1.29, 1.82) is 0 Å². The van der Waals surface area contributed by atoms with Crippen LogP contribution in [0.3, 0.4) is 0 Å². The number of ether oxygens (including phenoxy) is 4. The minimum absolute atomic E-state index is 0.0496. The van der Waals surface area contributed by atoms with E-state index in [0.717, 1.165) is 11.1 Å². The number of carbonyl (C=O) groups excluding carboxylic acids is 3. The number of carbonyl (C=O) groups is 3. The highest BCUT2D eigenvalue weighted by Crippen LogP contribution is 2.28. The van der Waals surface area contributed by atoms with Crippen molar-refractivity contribution in [3.05, 3.63) is 35.0 Å². The summed E-state index contributed by atoms with van der Waals surface area (Å²) in [6.45, 7) is 8.85. The van der Waals surface area contributed by atoms with E-state index in [0.29, 0.717) is 37.7 Å². The SMILES string of the molecule is Cc1cc(NC=C2C(=O)OC(C)(C)OC2=O)cc(C)c1OCC(=O)N1CCOCC1. The number of cyclic esters (lactones) is 2. The zero-order valence-electron chi connectivity index (χ0n) is 17.6. The second-order valence-corrected chi connectivity index (χ2v) is 7.60. The zero-order valence-corrected chi connectivity index (χ0v) is 17.6. The summed E-state index contributed by atoms with van der Waals surface area (Å²) in [6.07, 6.45) is 1.26. The molecular weight excluding hydrogens is 392 g/mol. The van der Waals surface area contributed by atoms with Gasteiger partial charge < -0.3 is 29.2 Å². The topological polar surface area (TPSA) is 103 Å². The Bertz CT molecular complexity index is 840. The molecule has 1 aromatic rings. The Hall–Kier alpha value is -3.07. The smallest absolute Gasteiger partial charge is 0.350 e. The minimum atomic E-state index is -1.28. The molecular formula is C21H26N2O7. The van der Waals surface area contributed by atoms with Crippen LogP contribution in [-0.2, 0) is 28.6 Å². The van der Waals surface area contributed by atoms with E-state index in [9.17, 15) is 14.4 Å². The number of amides is 1. The van der Waals surface area contributed by atoms with Crippen molar-refractivity contribution in [2.45, 2.75) is 33.5 Å². The van der Waals surface area contributed by atoms with Gasteiger partial charge in [0.05, 0.1) is 13.2 Å². The second-order valence-electron chi connectivity index (χ2n) is 7.60. The summed E-state index contributed by atoms with van der Waals surface area (Å²) in [5.74, 6) is -2.25. The van der Waals surface area contributed by atoms with E-state index in [2.05, 4.69) is 5.32 Å². The predicted octanol–water partition coefficient (Wildman–Crippen LogP) is 1.67. The van der Waals surface area contributed by atoms with Crippen LogP contribution >= 0.6 is 0 Å². The van der Waals surface area contributed by atoms with E-state index in [1.165, 1.54) is 20.0 Å². The average molecular weight is 418 g/mol. The lowest BCUT2D eigenvalue weighted by atomic mass is 10.1. The van der Waals surface area contributed by atoms with Gasteiger partial charge in [-0.05, 0) is 37.1 Å². The van der Waals surface area contributed by atoms with Crippen molar-refractivity contribution in [3.63, 3.8) is 0 Å². The molecule has 0 bridgehead atoms. The molecule has 0 aliphatic carbocycles. The summed E-state index contributed by atoms with van der Waals surface area (Å²) >= 11 is 0. The number of aryl methyl sites for hydroxylation is 2. The summed E-state index contributed by atoms with van der Waals surface area (Å²) < 4.78 is 21.1. The van der Waals surface area contributed by atoms with Crippen LogP contribution in [0.15, 0.2) is 23.9 Å². The minimum Gasteiger partial charge on any atom is -0.483 e. The molecule has 0 atom stereocenters. The fourth-order valence-electron chi connectivity index (χ4n) is 3.23. The average Bonchev–Trinajstić information content (AvgIpc) is 2.66. The highest BCUT2D eigenvalue weighted by molar-refractivity contribution is 6.15. The molecule has 0 radical (unpaired) electrons. The molecule has 30 heavy (non-hydrogen) atoms. The van der Waals surface area contributed by atoms with Gasteiger partial charge in [0.15, 0.2) is 12.2 Å². The molecule has 0 saturated carbocycles. The highest BCUT2D eigenvalue weighted by atomic mass is 16.7. The van der Waals surface area contributed by atoms with Gasteiger partial charge >= 0.3 is 11.9 Å². The third-order valence-corrected chi connectivity index (χ3v) is 4.66. The summed E-state index contributed by atoms with van der Waals surface area (Å²) in [6, 6.07) is 3.59. The molecule has 0 unspecified atom stereocenters. The lowest BCUT2D eigenvalue weighted by Crippen LogP contribution is -2.43. The number of benzene rings is 1. The molecule has 0 spiro atoms. The Morgan fingerprint density at radius 1 is 1.13 bits per heavy atom. The molecule has 3 rings (SSSR count). The fraction of sp³-hybridized carbons (Fsp3) is 0.476. The Morgan fingerprint density at radius 3 is 2.27 bits per heavy atom. The van der Waals surface area contributed by atoms with Crippen LogP contribution in [0, 0.1) is 13.8 Å². The Labute approximate surface area is 174 Å². The van der Waals surface area contributed by atoms with Gasteiger partial charge in [-0.1, -0.05) is 0 Å². The van der Waals surface area contributed by atoms with Crippen molar-refractivity contribution >= 4 is 23.5 Å². The van der Waals surface area contributed by atoms with Crippen molar-refractivity contribution in [1.82, 2.24) is 4.90 Å². The summed E-state index contributed by atoms with van der Waals surface area (Å²) in [5, 5.41) is 2.92. The van der Waals surface area contributed by atoms with Crippen LogP contribution in [0.2, 0.25) is 0 Å². The van der Waals surface area contributed by atoms with Crippen LogP contribution in [0.4, 0.5) is 5.69 Å². The van der Waals surface area contributed by atoms with Gasteiger partial charge in [-0.15, -0.1) is 0 Å². The van der Waals surface area contributed by atoms with Gasteiger partial charge in [-0.2, -0.15) is 0 Å². The number of hydrogen-bond donors (Lipinski definition) is 1. The number of nitrogens with zero attached hydrogens (tertiary/aromatic N) is 1. The molecule has 162 valence electrons. The highest BCUT2D eigenvalue weighted by Gasteiger charge is 2.38. The first-order chi connectivity index (χ1) is 14.2. The van der Waals surface area contributed by atoms with Crippen LogP contribution < -0.4 is 10.1 Å². The molecule has 1 aromatic carbocycles. The molecule has 0 aromatic heterocycles. The first-order valence-electron chi connectivity index (χ1n) is 9.69. The predicted molar refractivity (Wildman–Crippen MR) is 107 cm³/mol. The summed E-state index contributed by atoms with van der Waals surface area (Å²) in [5.41, 5.74) is 2.04. The van der Waals surface area contributed by atoms with Crippen LogP contribution in [0.5, 0.6) is 5.75 Å². The van der Waals surface area contributed by atoms with Gasteiger partial charge in [-0.25, -0.2) is 9.59 Å². The van der Waals surface area contributed by atoms with E-state index < -0.39 is 17.7 Å². The maximum atomic E-state index is 12.3. The lowest BCUT2D eigenvalue weighted by molar-refractivity contribution is -0.222. The lowest BCUT2D eigenvalue weighted by Gasteiger charge is -2.29. The van der Waals surface area contributed by atoms with Crippen molar-refractivity contribution in [3.8, 4) is 5.75 Å². The zero-order chi connectivity index (χ0) is 21.9. The maximum Gasteiger partial charge on any atom is 0.350 e. The third-order valence-electron chi connectivity index (χ3n) is 4.66. The first kappa shape index (κ1) is 21.6. The number of morpholine rings is 1. The van der Waals surface area contributed by atoms with E-state index in [1.807, 2.05) is 13.8 Å². The van der Waals surface area contributed by atoms with E-state index >= 15 is 0 Å². The first-order valence-corrected chi connectivity index (χ1v) is 9.69. The molecule has 2 saturated heterocycles. The Kier molecular flexibility index (Phi) is 6.31. The standard InChI is InChI=1S/C21H26N2O7/c1-13-9-15(22-11-16-19(25)29-21(3,4)30-20(16)26)10-14(2)18(13)28-12-17(24)23-5-7-27-8-6-23/h9-11,22H,5-8,12H2,1-4H3. The number of hydrogen-bond acceptors (Lipinski definition) is 8. The fourth-order valence-corrected chi connectivity index (χ4v) is 3.23. The summed E-state index contributed by atoms with van der Waals surface area (Å²) in [4.78, 5) is 38.0. The molecule has 2 aliphatic heterocycles. The van der Waals surface area contributed by atoms with Crippen molar-refractivity contribution in [2.24, 2.45) is 0 Å². The largest absolute Gasteiger partial charge is 0.483 e. The Balaban J connectivity index is 1.65. The van der Waals surface area contributed by atoms with Gasteiger partial charge in [-0.3, -0.25) is 4.79 Å². The van der Waals surface area contributed by atoms with Gasteiger partial charge in [0, 0.05) is 38.8 Å². The van der Waals surface area contributed by atoms with Gasteiger partial charge in [0.25, 0.3) is 11.7 Å². The van der Waals surface area contributed by atoms with Gasteiger partial charge in [0.2, 0.25) is 0 Å². The number of rotatable bonds is 5. The third kappa shape index (κ3) is 5.10. The quantitative estimate of drug-likeness (QED) is 0.438. The van der Waals surface area contributed by atoms with Crippen molar-refractivity contribution < 1.29 is 33.3 Å². The molecule has 9 nitrogen and oxygen atoms in total. The number of anilines is 1. The van der Waals surface area contributed by atoms with E-state index in [-0.39, 0.29) is 18.1 Å². The molecule has 2 aliphatic rings. The molecule has 9 heteroatoms. The van der Waals surface area contributed by atoms with Crippen LogP contribution in [0.25, 0.3) is 0 Å². The molecule has 1 N–H and O–H groups in total. The maximum absolute atomic E-state index is 12.3. The van der Waals surface area contributed by atoms with Crippen LogP contribution in [-0.4, -0.2) is 61.4 Å². The van der Waals surface area contributed by atoms with Crippen LogP contribution in [0.1, 0.15) is 25.0 Å². The number of nitrogens with one attached hydrogen (secondary N) is 1. The summed E-state index contributed by atoms with van der Waals surface area (Å²) in [7, 11) is 0. The van der Waals surface area contributed by atoms with Gasteiger partial charge in [0.1, 0.15) is 5.75 Å². The van der Waals surface area contributed by atoms with E-state index in [1.54, 1.807) is 17.0 Å². The Morgan fingerprint density at radius 2 is 1.70 bits per heavy atom. The number of esters is 2. The molecule has 2 heterocycles.